The number of hydrogen-bond donors (Lipinski definition) is 1. The zero-order chi connectivity index (χ0) is 35.2. The number of likely N-dealkylation sites (N-methyl/N-ethyl adjacent to an activating group) is 2. The third kappa shape index (κ3) is 10.4. The second-order valence-electron chi connectivity index (χ2n) is 10.6. The lowest BCUT2D eigenvalue weighted by Crippen LogP contribution is -2.31. The maximum absolute atomic E-state index is 12.6. The molecule has 10 heteroatoms. The molecule has 0 unspecified atom stereocenters. The van der Waals surface area contributed by atoms with Gasteiger partial charge in [-0.15, -0.1) is 0 Å². The number of para-hydroxylation sites is 2. The Bertz CT molecular complexity index is 1830. The van der Waals surface area contributed by atoms with Crippen LogP contribution in [0.5, 0.6) is 23.0 Å². The van der Waals surface area contributed by atoms with Gasteiger partial charge in [0.2, 0.25) is 0 Å². The Labute approximate surface area is 285 Å². The van der Waals surface area contributed by atoms with Gasteiger partial charge < -0.3 is 33.9 Å². The molecule has 0 bridgehead atoms. The van der Waals surface area contributed by atoms with E-state index >= 15 is 0 Å². The molecule has 0 heterocycles. The normalized spacial score (nSPS) is 11.3. The average Bonchev–Trinajstić information content (AvgIpc) is 3.14. The maximum Gasteiger partial charge on any atom is 0.264 e. The van der Waals surface area contributed by atoms with E-state index in [1.807, 2.05) is 60.7 Å². The summed E-state index contributed by atoms with van der Waals surface area (Å²) >= 11 is 0. The Hall–Kier alpha value is -6.29. The van der Waals surface area contributed by atoms with E-state index in [9.17, 15) is 19.5 Å². The minimum Gasteiger partial charge on any atom is -0.508 e. The molecule has 4 aromatic rings. The molecular weight excluding hydrogens is 624 g/mol. The summed E-state index contributed by atoms with van der Waals surface area (Å²) in [5.74, 6) is 0.398. The summed E-state index contributed by atoms with van der Waals surface area (Å²) in [4.78, 5) is 40.7. The number of rotatable bonds is 15. The van der Waals surface area contributed by atoms with E-state index in [0.717, 1.165) is 17.5 Å². The third-order valence-electron chi connectivity index (χ3n) is 7.29. The first-order valence-corrected chi connectivity index (χ1v) is 15.2. The first-order valence-electron chi connectivity index (χ1n) is 15.2. The number of aliphatic hydroxyl groups is 1. The van der Waals surface area contributed by atoms with Gasteiger partial charge in [-0.05, 0) is 71.8 Å². The number of ether oxygens (including phenoxy) is 4. The Morgan fingerprint density at radius 3 is 1.47 bits per heavy atom. The highest BCUT2D eigenvalue weighted by atomic mass is 16.5. The Morgan fingerprint density at radius 1 is 0.612 bits per heavy atom. The molecule has 2 amide bonds. The summed E-state index contributed by atoms with van der Waals surface area (Å²) in [6.45, 7) is -0.374. The lowest BCUT2D eigenvalue weighted by Gasteiger charge is -2.18. The van der Waals surface area contributed by atoms with Crippen LogP contribution >= 0.6 is 0 Å². The molecule has 0 aliphatic heterocycles. The molecule has 0 atom stereocenters. The van der Waals surface area contributed by atoms with Crippen molar-refractivity contribution in [2.24, 2.45) is 0 Å². The highest BCUT2D eigenvalue weighted by molar-refractivity contribution is 6.02. The first-order chi connectivity index (χ1) is 23.7. The van der Waals surface area contributed by atoms with Gasteiger partial charge in [0.05, 0.1) is 14.2 Å². The van der Waals surface area contributed by atoms with E-state index in [0.29, 0.717) is 34.1 Å². The van der Waals surface area contributed by atoms with Gasteiger partial charge in [0.1, 0.15) is 5.76 Å². The molecule has 1 N–H and O–H groups in total. The lowest BCUT2D eigenvalue weighted by atomic mass is 10.1. The molecule has 0 radical (unpaired) electrons. The van der Waals surface area contributed by atoms with Crippen LogP contribution in [-0.2, 0) is 14.4 Å². The van der Waals surface area contributed by atoms with Gasteiger partial charge in [-0.25, -0.2) is 0 Å². The van der Waals surface area contributed by atoms with Crippen LogP contribution in [0.4, 0.5) is 11.4 Å². The minimum atomic E-state index is -0.442. The fraction of sp³-hybridized carbons (Fsp3) is 0.154. The molecule has 4 aromatic carbocycles. The number of methoxy groups -OCH3 is 2. The topological polar surface area (TPSA) is 115 Å². The summed E-state index contributed by atoms with van der Waals surface area (Å²) in [6.07, 6.45) is 6.95. The minimum absolute atomic E-state index is 0.186. The van der Waals surface area contributed by atoms with Gasteiger partial charge in [0.15, 0.2) is 42.0 Å². The predicted octanol–water partition coefficient (Wildman–Crippen LogP) is 6.53. The van der Waals surface area contributed by atoms with Gasteiger partial charge in [-0.2, -0.15) is 0 Å². The van der Waals surface area contributed by atoms with Gasteiger partial charge >= 0.3 is 0 Å². The van der Waals surface area contributed by atoms with Gasteiger partial charge in [-0.3, -0.25) is 14.4 Å². The van der Waals surface area contributed by atoms with Crippen molar-refractivity contribution < 1.29 is 38.4 Å². The molecule has 4 rings (SSSR count). The highest BCUT2D eigenvalue weighted by Crippen LogP contribution is 2.30. The monoisotopic (exact) mass is 662 g/mol. The summed E-state index contributed by atoms with van der Waals surface area (Å²) < 4.78 is 22.3. The van der Waals surface area contributed by atoms with E-state index in [4.69, 9.17) is 18.9 Å². The Balaban J connectivity index is 1.31. The number of nitrogens with zero attached hydrogens (tertiary/aromatic N) is 2. The zero-order valence-corrected chi connectivity index (χ0v) is 27.7. The standard InChI is InChI=1S/C39H38N2O8/c1-40(30-11-7-5-8-12-30)38(44)26-48-34-21-17-28(23-36(34)46-3)15-19-32(42)25-33(43)20-16-29-18-22-35(37(24-29)47-4)49-27-39(45)41(2)31-13-9-6-10-14-31/h5-25,42H,26-27H2,1-4H3/b19-15+,20-16+,32-25-. The van der Waals surface area contributed by atoms with Crippen LogP contribution in [0.25, 0.3) is 12.2 Å². The Morgan fingerprint density at radius 2 is 1.04 bits per heavy atom. The van der Waals surface area contributed by atoms with Gasteiger partial charge in [-0.1, -0.05) is 60.7 Å². The SMILES string of the molecule is COc1cc(/C=C/C(=O)/C=C(O)/C=C/c2ccc(OCC(=O)N(C)c3ccccc3)c(OC)c2)ccc1OCC(=O)N(C)c1ccccc1. The van der Waals surface area contributed by atoms with Crippen molar-refractivity contribution in [2.45, 2.75) is 0 Å². The quantitative estimate of drug-likeness (QED) is 0.0869. The fourth-order valence-electron chi connectivity index (χ4n) is 4.48. The number of carbonyl (C=O) groups excluding carboxylic acids is 3. The highest BCUT2D eigenvalue weighted by Gasteiger charge is 2.15. The van der Waals surface area contributed by atoms with Crippen LogP contribution < -0.4 is 28.7 Å². The van der Waals surface area contributed by atoms with E-state index in [-0.39, 0.29) is 30.8 Å². The van der Waals surface area contributed by atoms with Gasteiger partial charge in [0.25, 0.3) is 11.8 Å². The van der Waals surface area contributed by atoms with Crippen LogP contribution in [-0.4, -0.2) is 64.2 Å². The van der Waals surface area contributed by atoms with E-state index in [1.54, 1.807) is 62.6 Å². The average molecular weight is 663 g/mol. The van der Waals surface area contributed by atoms with Gasteiger partial charge in [0, 0.05) is 31.5 Å². The first kappa shape index (κ1) is 35.6. The molecule has 0 spiro atoms. The summed E-state index contributed by atoms with van der Waals surface area (Å²) in [5, 5.41) is 10.3. The van der Waals surface area contributed by atoms with E-state index < -0.39 is 5.78 Å². The second-order valence-corrected chi connectivity index (χ2v) is 10.6. The number of hydrogen-bond acceptors (Lipinski definition) is 8. The summed E-state index contributed by atoms with van der Waals surface area (Å²) in [5.41, 5.74) is 2.82. The van der Waals surface area contributed by atoms with Crippen LogP contribution in [0.3, 0.4) is 0 Å². The smallest absolute Gasteiger partial charge is 0.264 e. The number of amides is 2. The van der Waals surface area contributed by atoms with Crippen molar-refractivity contribution in [3.8, 4) is 23.0 Å². The van der Waals surface area contributed by atoms with Crippen LogP contribution in [0.15, 0.2) is 121 Å². The molecule has 10 nitrogen and oxygen atoms in total. The molecule has 49 heavy (non-hydrogen) atoms. The number of allylic oxidation sites excluding steroid dienone is 3. The molecule has 0 saturated carbocycles. The fourth-order valence-corrected chi connectivity index (χ4v) is 4.48. The summed E-state index contributed by atoms with van der Waals surface area (Å²) in [6, 6.07) is 28.6. The van der Waals surface area contributed by atoms with Crippen molar-refractivity contribution in [1.29, 1.82) is 0 Å². The van der Waals surface area contributed by atoms with Crippen LogP contribution in [0, 0.1) is 0 Å². The molecule has 0 aliphatic rings. The zero-order valence-electron chi connectivity index (χ0n) is 27.7. The molecule has 0 saturated heterocycles. The van der Waals surface area contributed by atoms with E-state index in [1.165, 1.54) is 36.2 Å². The van der Waals surface area contributed by atoms with Crippen molar-refractivity contribution in [2.75, 3.05) is 51.3 Å². The van der Waals surface area contributed by atoms with Crippen molar-refractivity contribution >= 4 is 41.1 Å². The number of anilines is 2. The lowest BCUT2D eigenvalue weighted by molar-refractivity contribution is -0.121. The van der Waals surface area contributed by atoms with Crippen molar-refractivity contribution in [3.05, 3.63) is 132 Å². The van der Waals surface area contributed by atoms with Crippen LogP contribution in [0.2, 0.25) is 0 Å². The molecule has 252 valence electrons. The van der Waals surface area contributed by atoms with E-state index in [2.05, 4.69) is 0 Å². The number of ketones is 1. The number of carbonyl (C=O) groups is 3. The third-order valence-corrected chi connectivity index (χ3v) is 7.29. The molecular formula is C39H38N2O8. The molecule has 0 fully saturated rings. The maximum atomic E-state index is 12.6. The van der Waals surface area contributed by atoms with Crippen molar-refractivity contribution in [3.63, 3.8) is 0 Å². The van der Waals surface area contributed by atoms with Crippen molar-refractivity contribution in [1.82, 2.24) is 0 Å². The summed E-state index contributed by atoms with van der Waals surface area (Å²) in [7, 11) is 6.32. The predicted molar refractivity (Wildman–Crippen MR) is 190 cm³/mol. The number of aliphatic hydroxyl groups excluding tert-OH is 1. The molecule has 0 aromatic heterocycles. The number of benzene rings is 4. The molecule has 0 aliphatic carbocycles. The second kappa shape index (κ2) is 17.6. The van der Waals surface area contributed by atoms with Crippen LogP contribution in [0.1, 0.15) is 11.1 Å². The Kier molecular flexibility index (Phi) is 12.8. The largest absolute Gasteiger partial charge is 0.508 e.